The Kier molecular flexibility index (Phi) is 45.0. The van der Waals surface area contributed by atoms with Gasteiger partial charge in [0.25, 0.3) is 0 Å². The van der Waals surface area contributed by atoms with Crippen molar-refractivity contribution in [3.63, 3.8) is 0 Å². The smallest absolute Gasteiger partial charge is 0.472 e. The van der Waals surface area contributed by atoms with Crippen LogP contribution in [-0.4, -0.2) is 59.9 Å². The average Bonchev–Trinajstić information content (AvgIpc) is 3.26. The van der Waals surface area contributed by atoms with Crippen molar-refractivity contribution in [1.82, 2.24) is 0 Å². The van der Waals surface area contributed by atoms with Gasteiger partial charge in [-0.1, -0.05) is 218 Å². The molecule has 0 aromatic rings. The first-order valence-electron chi connectivity index (χ1n) is 25.9. The predicted molar refractivity (Wildman–Crippen MR) is 259 cm³/mol. The number of rotatable bonds is 49. The van der Waals surface area contributed by atoms with E-state index >= 15 is 0 Å². The topological polar surface area (TPSA) is 172 Å². The summed E-state index contributed by atoms with van der Waals surface area (Å²) in [5.74, 6) is -2.38. The minimum atomic E-state index is -4.72. The van der Waals surface area contributed by atoms with E-state index in [0.29, 0.717) is 12.8 Å². The highest BCUT2D eigenvalue weighted by atomic mass is 31.2. The van der Waals surface area contributed by atoms with Gasteiger partial charge in [0.15, 0.2) is 6.10 Å². The number of esters is 2. The van der Waals surface area contributed by atoms with E-state index in [9.17, 15) is 23.8 Å². The molecule has 0 aliphatic carbocycles. The maximum atomic E-state index is 12.7. The summed E-state index contributed by atoms with van der Waals surface area (Å²) >= 11 is 0. The Morgan fingerprint density at radius 2 is 0.841 bits per heavy atom. The Balaban J connectivity index is 4.16. The standard InChI is InChI=1S/C51H96NO10P/c1-3-5-7-9-11-13-15-17-19-20-21-22-23-24-25-26-27-29-30-32-34-36-38-40-42-49(53)59-44-47(45-60-63(57,58)61-46-48(52)51(55)56)62-50(54)43-41-39-37-35-33-31-28-18-16-14-12-10-8-6-4-2/h12,14,18,28,47-48H,3-11,13,15-17,19-27,29-46,52H2,1-2H3,(H,55,56)(H,57,58)/b14-12-,28-18-. The van der Waals surface area contributed by atoms with Gasteiger partial charge in [-0.3, -0.25) is 23.4 Å². The van der Waals surface area contributed by atoms with Crippen LogP contribution < -0.4 is 5.73 Å². The molecular weight excluding hydrogens is 818 g/mol. The SMILES string of the molecule is CCCCC/C=C\C/C=C\CCCCCCCC(=O)OC(COC(=O)CCCCCCCCCCCCCCCCCCCCCCCCCC)COP(=O)(O)OCC(N)C(=O)O. The third-order valence-corrected chi connectivity index (χ3v) is 12.4. The second kappa shape index (κ2) is 46.5. The molecule has 0 rings (SSSR count). The van der Waals surface area contributed by atoms with Crippen molar-refractivity contribution < 1.29 is 47.5 Å². The first-order valence-corrected chi connectivity index (χ1v) is 27.4. The van der Waals surface area contributed by atoms with E-state index in [1.807, 2.05) is 0 Å². The molecule has 0 fully saturated rings. The summed E-state index contributed by atoms with van der Waals surface area (Å²) in [4.78, 5) is 46.1. The summed E-state index contributed by atoms with van der Waals surface area (Å²) in [5.41, 5.74) is 5.35. The Hall–Kier alpha value is -2.04. The zero-order valence-electron chi connectivity index (χ0n) is 40.4. The molecule has 0 radical (unpaired) electrons. The summed E-state index contributed by atoms with van der Waals surface area (Å²) in [6, 6.07) is -1.52. The predicted octanol–water partition coefficient (Wildman–Crippen LogP) is 14.6. The Labute approximate surface area is 385 Å². The molecule has 0 amide bonds. The number of phosphoric acid groups is 1. The van der Waals surface area contributed by atoms with Gasteiger partial charge in [0.2, 0.25) is 0 Å². The number of nitrogens with two attached hydrogens (primary N) is 1. The van der Waals surface area contributed by atoms with E-state index in [1.54, 1.807) is 0 Å². The van der Waals surface area contributed by atoms with Crippen LogP contribution in [0.5, 0.6) is 0 Å². The fourth-order valence-corrected chi connectivity index (χ4v) is 8.17. The van der Waals surface area contributed by atoms with Crippen LogP contribution in [0.4, 0.5) is 0 Å². The van der Waals surface area contributed by atoms with Crippen LogP contribution >= 0.6 is 7.82 Å². The molecule has 4 N–H and O–H groups in total. The molecule has 3 unspecified atom stereocenters. The van der Waals surface area contributed by atoms with E-state index in [0.717, 1.165) is 64.2 Å². The number of ether oxygens (including phenoxy) is 2. The van der Waals surface area contributed by atoms with Crippen molar-refractivity contribution >= 4 is 25.7 Å². The lowest BCUT2D eigenvalue weighted by molar-refractivity contribution is -0.161. The molecule has 0 heterocycles. The van der Waals surface area contributed by atoms with Gasteiger partial charge in [-0.15, -0.1) is 0 Å². The molecule has 0 aliphatic heterocycles. The molecule has 0 aromatic heterocycles. The summed E-state index contributed by atoms with van der Waals surface area (Å²) < 4.78 is 32.8. The van der Waals surface area contributed by atoms with Crippen LogP contribution in [0.1, 0.15) is 251 Å². The van der Waals surface area contributed by atoms with Crippen LogP contribution in [0.15, 0.2) is 24.3 Å². The van der Waals surface area contributed by atoms with Gasteiger partial charge in [0.05, 0.1) is 13.2 Å². The normalized spacial score (nSPS) is 13.7. The van der Waals surface area contributed by atoms with Gasteiger partial charge >= 0.3 is 25.7 Å². The minimum absolute atomic E-state index is 0.148. The molecule has 63 heavy (non-hydrogen) atoms. The third kappa shape index (κ3) is 46.3. The number of carbonyl (C=O) groups excluding carboxylic acids is 2. The lowest BCUT2D eigenvalue weighted by atomic mass is 10.0. The van der Waals surface area contributed by atoms with Crippen LogP contribution in [-0.2, 0) is 37.5 Å². The first kappa shape index (κ1) is 61.0. The molecule has 0 spiro atoms. The van der Waals surface area contributed by atoms with Gasteiger partial charge in [0.1, 0.15) is 12.6 Å². The summed E-state index contributed by atoms with van der Waals surface area (Å²) in [7, 11) is -4.72. The number of carbonyl (C=O) groups is 3. The Bertz CT molecular complexity index is 1160. The van der Waals surface area contributed by atoms with Gasteiger partial charge < -0.3 is 25.2 Å². The highest BCUT2D eigenvalue weighted by molar-refractivity contribution is 7.47. The number of unbranched alkanes of at least 4 members (excludes halogenated alkanes) is 31. The molecule has 3 atom stereocenters. The van der Waals surface area contributed by atoms with Crippen molar-refractivity contribution in [2.45, 2.75) is 264 Å². The minimum Gasteiger partial charge on any atom is -0.480 e. The number of hydrogen-bond donors (Lipinski definition) is 3. The van der Waals surface area contributed by atoms with E-state index in [1.165, 1.54) is 148 Å². The lowest BCUT2D eigenvalue weighted by Gasteiger charge is -2.20. The highest BCUT2D eigenvalue weighted by Gasteiger charge is 2.28. The maximum absolute atomic E-state index is 12.7. The number of phosphoric ester groups is 1. The Morgan fingerprint density at radius 1 is 0.492 bits per heavy atom. The molecule has 370 valence electrons. The van der Waals surface area contributed by atoms with Crippen molar-refractivity contribution in [3.8, 4) is 0 Å². The van der Waals surface area contributed by atoms with Crippen molar-refractivity contribution in [2.24, 2.45) is 5.73 Å². The van der Waals surface area contributed by atoms with Crippen molar-refractivity contribution in [3.05, 3.63) is 24.3 Å². The van der Waals surface area contributed by atoms with Gasteiger partial charge in [0, 0.05) is 12.8 Å². The third-order valence-electron chi connectivity index (χ3n) is 11.5. The fourth-order valence-electron chi connectivity index (χ4n) is 7.39. The zero-order valence-corrected chi connectivity index (χ0v) is 41.3. The number of carboxylic acids is 1. The summed E-state index contributed by atoms with van der Waals surface area (Å²) in [6.45, 7) is 2.81. The molecular formula is C51H96NO10P. The van der Waals surface area contributed by atoms with Crippen LogP contribution in [0.3, 0.4) is 0 Å². The van der Waals surface area contributed by atoms with E-state index in [4.69, 9.17) is 24.8 Å². The fraction of sp³-hybridized carbons (Fsp3) is 0.863. The van der Waals surface area contributed by atoms with E-state index < -0.39 is 51.1 Å². The van der Waals surface area contributed by atoms with Crippen LogP contribution in [0.2, 0.25) is 0 Å². The second-order valence-electron chi connectivity index (χ2n) is 17.7. The van der Waals surface area contributed by atoms with Crippen molar-refractivity contribution in [2.75, 3.05) is 19.8 Å². The first-order chi connectivity index (χ1) is 30.6. The average molecular weight is 914 g/mol. The molecule has 0 saturated carbocycles. The number of aliphatic carboxylic acids is 1. The van der Waals surface area contributed by atoms with E-state index in [-0.39, 0.29) is 19.4 Å². The van der Waals surface area contributed by atoms with Gasteiger partial charge in [-0.25, -0.2) is 4.57 Å². The van der Waals surface area contributed by atoms with E-state index in [2.05, 4.69) is 42.7 Å². The number of carboxylic acid groups (broad SMARTS) is 1. The largest absolute Gasteiger partial charge is 0.480 e. The molecule has 0 aliphatic rings. The molecule has 0 saturated heterocycles. The van der Waals surface area contributed by atoms with Gasteiger partial charge in [-0.05, 0) is 44.9 Å². The quantitative estimate of drug-likeness (QED) is 0.0230. The monoisotopic (exact) mass is 914 g/mol. The molecule has 11 nitrogen and oxygen atoms in total. The summed E-state index contributed by atoms with van der Waals surface area (Å²) in [5, 5.41) is 8.91. The number of allylic oxidation sites excluding steroid dienone is 4. The van der Waals surface area contributed by atoms with Crippen molar-refractivity contribution in [1.29, 1.82) is 0 Å². The lowest BCUT2D eigenvalue weighted by Crippen LogP contribution is -2.34. The molecule has 12 heteroatoms. The summed E-state index contributed by atoms with van der Waals surface area (Å²) in [6.07, 6.45) is 51.1. The molecule has 0 bridgehead atoms. The number of hydrogen-bond acceptors (Lipinski definition) is 9. The molecule has 0 aromatic carbocycles. The Morgan fingerprint density at radius 3 is 1.27 bits per heavy atom. The zero-order chi connectivity index (χ0) is 46.3. The van der Waals surface area contributed by atoms with Crippen LogP contribution in [0, 0.1) is 0 Å². The van der Waals surface area contributed by atoms with Crippen LogP contribution in [0.25, 0.3) is 0 Å². The van der Waals surface area contributed by atoms with Gasteiger partial charge in [-0.2, -0.15) is 0 Å². The highest BCUT2D eigenvalue weighted by Crippen LogP contribution is 2.43. The maximum Gasteiger partial charge on any atom is 0.472 e. The second-order valence-corrected chi connectivity index (χ2v) is 19.1.